The van der Waals surface area contributed by atoms with Crippen molar-refractivity contribution in [3.05, 3.63) is 68.3 Å². The van der Waals surface area contributed by atoms with E-state index in [9.17, 15) is 8.78 Å². The van der Waals surface area contributed by atoms with E-state index in [2.05, 4.69) is 0 Å². The molecule has 0 amide bonds. The highest BCUT2D eigenvalue weighted by Gasteiger charge is 2.15. The molecule has 2 aromatic rings. The van der Waals surface area contributed by atoms with Crippen LogP contribution in [0.15, 0.2) is 36.4 Å². The van der Waals surface area contributed by atoms with Crippen molar-refractivity contribution in [3.63, 3.8) is 0 Å². The summed E-state index contributed by atoms with van der Waals surface area (Å²) in [7, 11) is 0. The molecule has 0 aliphatic carbocycles. The molecule has 0 radical (unpaired) electrons. The molecule has 4 heteroatoms. The maximum Gasteiger partial charge on any atom is 0.124 e. The van der Waals surface area contributed by atoms with Gasteiger partial charge in [0.25, 0.3) is 0 Å². The quantitative estimate of drug-likeness (QED) is 0.808. The van der Waals surface area contributed by atoms with Crippen molar-refractivity contribution in [2.45, 2.75) is 13.0 Å². The van der Waals surface area contributed by atoms with Gasteiger partial charge in [-0.05, 0) is 70.5 Å². The summed E-state index contributed by atoms with van der Waals surface area (Å²) >= 11 is 2.03. The molecule has 94 valence electrons. The molecule has 0 heterocycles. The molecule has 18 heavy (non-hydrogen) atoms. The zero-order valence-electron chi connectivity index (χ0n) is 9.75. The summed E-state index contributed by atoms with van der Waals surface area (Å²) in [5, 5.41) is 0. The van der Waals surface area contributed by atoms with E-state index in [1.165, 1.54) is 24.3 Å². The normalized spacial score (nSPS) is 12.5. The van der Waals surface area contributed by atoms with Crippen LogP contribution in [-0.2, 0) is 0 Å². The summed E-state index contributed by atoms with van der Waals surface area (Å²) in [4.78, 5) is 0. The first-order chi connectivity index (χ1) is 8.49. The molecule has 0 aromatic heterocycles. The van der Waals surface area contributed by atoms with Gasteiger partial charge in [0.05, 0.1) is 6.04 Å². The van der Waals surface area contributed by atoms with Gasteiger partial charge in [-0.15, -0.1) is 0 Å². The standard InChI is InChI=1S/C14H12F2IN/c1-8-2-3-9(15)6-12(8)14(18)11-5-4-10(16)7-13(11)17/h2-7,14H,18H2,1H3. The van der Waals surface area contributed by atoms with E-state index in [-0.39, 0.29) is 11.6 Å². The van der Waals surface area contributed by atoms with Crippen molar-refractivity contribution in [3.8, 4) is 0 Å². The molecule has 0 fully saturated rings. The molecule has 0 saturated heterocycles. The summed E-state index contributed by atoms with van der Waals surface area (Å²) in [6.45, 7) is 1.88. The number of rotatable bonds is 2. The van der Waals surface area contributed by atoms with E-state index >= 15 is 0 Å². The minimum absolute atomic E-state index is 0.300. The van der Waals surface area contributed by atoms with Gasteiger partial charge in [-0.25, -0.2) is 8.78 Å². The largest absolute Gasteiger partial charge is 0.320 e. The molecule has 2 aromatic carbocycles. The second-order valence-electron chi connectivity index (χ2n) is 4.14. The maximum absolute atomic E-state index is 13.3. The Hall–Kier alpha value is -1.01. The molecule has 0 spiro atoms. The van der Waals surface area contributed by atoms with Crippen molar-refractivity contribution in [1.82, 2.24) is 0 Å². The first-order valence-electron chi connectivity index (χ1n) is 5.45. The molecule has 0 aliphatic heterocycles. The monoisotopic (exact) mass is 359 g/mol. The Kier molecular flexibility index (Phi) is 3.97. The van der Waals surface area contributed by atoms with E-state index in [1.807, 2.05) is 29.5 Å². The van der Waals surface area contributed by atoms with Crippen LogP contribution in [0.25, 0.3) is 0 Å². The topological polar surface area (TPSA) is 26.0 Å². The van der Waals surface area contributed by atoms with Gasteiger partial charge in [0.15, 0.2) is 0 Å². The summed E-state index contributed by atoms with van der Waals surface area (Å²) in [5.41, 5.74) is 8.58. The summed E-state index contributed by atoms with van der Waals surface area (Å²) in [6.07, 6.45) is 0. The number of nitrogens with two attached hydrogens (primary N) is 1. The lowest BCUT2D eigenvalue weighted by Crippen LogP contribution is -2.15. The van der Waals surface area contributed by atoms with E-state index in [0.29, 0.717) is 0 Å². The number of aryl methyl sites for hydroxylation is 1. The SMILES string of the molecule is Cc1ccc(F)cc1C(N)c1ccc(F)cc1I. The van der Waals surface area contributed by atoms with E-state index in [1.54, 1.807) is 12.1 Å². The Labute approximate surface area is 118 Å². The van der Waals surface area contributed by atoms with Gasteiger partial charge >= 0.3 is 0 Å². The highest BCUT2D eigenvalue weighted by atomic mass is 127. The van der Waals surface area contributed by atoms with E-state index < -0.39 is 6.04 Å². The number of hydrogen-bond acceptors (Lipinski definition) is 1. The maximum atomic E-state index is 13.3. The third-order valence-corrected chi connectivity index (χ3v) is 3.81. The highest BCUT2D eigenvalue weighted by molar-refractivity contribution is 14.1. The van der Waals surface area contributed by atoms with Crippen molar-refractivity contribution in [2.75, 3.05) is 0 Å². The highest BCUT2D eigenvalue weighted by Crippen LogP contribution is 2.27. The predicted molar refractivity (Wildman–Crippen MR) is 76.3 cm³/mol. The molecule has 1 unspecified atom stereocenters. The lowest BCUT2D eigenvalue weighted by molar-refractivity contribution is 0.620. The second-order valence-corrected chi connectivity index (χ2v) is 5.31. The number of hydrogen-bond donors (Lipinski definition) is 1. The Morgan fingerprint density at radius 2 is 1.61 bits per heavy atom. The molecule has 2 rings (SSSR count). The molecule has 0 saturated carbocycles. The first-order valence-corrected chi connectivity index (χ1v) is 6.53. The van der Waals surface area contributed by atoms with Crippen LogP contribution in [-0.4, -0.2) is 0 Å². The Bertz CT molecular complexity index is 584. The molecule has 0 bridgehead atoms. The van der Waals surface area contributed by atoms with Gasteiger partial charge in [-0.3, -0.25) is 0 Å². The molecular formula is C14H12F2IN. The van der Waals surface area contributed by atoms with Gasteiger partial charge in [0.1, 0.15) is 11.6 Å². The van der Waals surface area contributed by atoms with Crippen molar-refractivity contribution < 1.29 is 8.78 Å². The van der Waals surface area contributed by atoms with Crippen LogP contribution in [0, 0.1) is 22.1 Å². The fourth-order valence-corrected chi connectivity index (χ4v) is 2.68. The zero-order chi connectivity index (χ0) is 13.3. The van der Waals surface area contributed by atoms with E-state index in [0.717, 1.165) is 20.3 Å². The zero-order valence-corrected chi connectivity index (χ0v) is 11.9. The van der Waals surface area contributed by atoms with Crippen LogP contribution in [0.4, 0.5) is 8.78 Å². The Morgan fingerprint density at radius 1 is 1.00 bits per heavy atom. The van der Waals surface area contributed by atoms with Crippen LogP contribution >= 0.6 is 22.6 Å². The van der Waals surface area contributed by atoms with Crippen molar-refractivity contribution in [1.29, 1.82) is 0 Å². The van der Waals surface area contributed by atoms with E-state index in [4.69, 9.17) is 5.73 Å². The van der Waals surface area contributed by atoms with Gasteiger partial charge in [0.2, 0.25) is 0 Å². The molecule has 1 atom stereocenters. The summed E-state index contributed by atoms with van der Waals surface area (Å²) < 4.78 is 27.1. The molecule has 1 nitrogen and oxygen atoms in total. The fraction of sp³-hybridized carbons (Fsp3) is 0.143. The average molecular weight is 359 g/mol. The third-order valence-electron chi connectivity index (χ3n) is 2.87. The smallest absolute Gasteiger partial charge is 0.124 e. The van der Waals surface area contributed by atoms with Gasteiger partial charge in [-0.1, -0.05) is 12.1 Å². The van der Waals surface area contributed by atoms with Crippen molar-refractivity contribution >= 4 is 22.6 Å². The van der Waals surface area contributed by atoms with Crippen LogP contribution in [0.2, 0.25) is 0 Å². The lowest BCUT2D eigenvalue weighted by atomic mass is 9.96. The van der Waals surface area contributed by atoms with Crippen molar-refractivity contribution in [2.24, 2.45) is 5.73 Å². The third kappa shape index (κ3) is 2.70. The average Bonchev–Trinajstić information content (AvgIpc) is 2.31. The summed E-state index contributed by atoms with van der Waals surface area (Å²) in [5.74, 6) is -0.616. The Balaban J connectivity index is 2.47. The lowest BCUT2D eigenvalue weighted by Gasteiger charge is -2.17. The molecular weight excluding hydrogens is 347 g/mol. The van der Waals surface area contributed by atoms with Crippen LogP contribution in [0.3, 0.4) is 0 Å². The van der Waals surface area contributed by atoms with Crippen LogP contribution in [0.1, 0.15) is 22.7 Å². The van der Waals surface area contributed by atoms with Gasteiger partial charge in [-0.2, -0.15) is 0 Å². The first kappa shape index (κ1) is 13.4. The van der Waals surface area contributed by atoms with Gasteiger partial charge in [0, 0.05) is 3.57 Å². The summed E-state index contributed by atoms with van der Waals surface area (Å²) in [6, 6.07) is 8.51. The minimum atomic E-state index is -0.451. The molecule has 2 N–H and O–H groups in total. The molecule has 0 aliphatic rings. The fourth-order valence-electron chi connectivity index (χ4n) is 1.87. The van der Waals surface area contributed by atoms with Gasteiger partial charge < -0.3 is 5.73 Å². The predicted octanol–water partition coefficient (Wildman–Crippen LogP) is 3.93. The van der Waals surface area contributed by atoms with Crippen LogP contribution < -0.4 is 5.73 Å². The minimum Gasteiger partial charge on any atom is -0.320 e. The second kappa shape index (κ2) is 5.32. The number of halogens is 3. The Morgan fingerprint density at radius 3 is 2.28 bits per heavy atom. The number of benzene rings is 2. The van der Waals surface area contributed by atoms with Crippen LogP contribution in [0.5, 0.6) is 0 Å².